The van der Waals surface area contributed by atoms with Gasteiger partial charge in [-0.1, -0.05) is 59.3 Å². The fourth-order valence-electron chi connectivity index (χ4n) is 7.06. The van der Waals surface area contributed by atoms with Crippen molar-refractivity contribution in [1.82, 2.24) is 25.1 Å². The van der Waals surface area contributed by atoms with Crippen LogP contribution in [0.4, 0.5) is 0 Å². The average molecular weight is 657 g/mol. The lowest BCUT2D eigenvalue weighted by molar-refractivity contribution is -0.116. The third-order valence-electron chi connectivity index (χ3n) is 9.66. The van der Waals surface area contributed by atoms with Gasteiger partial charge in [-0.3, -0.25) is 0 Å². The topological polar surface area (TPSA) is 108 Å². The molecule has 3 aliphatic carbocycles. The zero-order valence-electron chi connectivity index (χ0n) is 25.4. The standard InChI is InChI=1S/C32H39Cl2N5O4Si/c1-44(2,3)12-11-41-18-39-31-27(36-38-39)15-22(16-35-31)32(40)20-9-10-21(32)14-23(13-20)42-17-24-29(37-43-30(24)19-7-8-19)28-25(33)5-4-6-26(28)34/h4-6,15-16,19-21,23,40H,7-14,17-18H2,1-3H3/t20-,21+,23+,32-. The number of rotatable bonds is 11. The Morgan fingerprint density at radius 3 is 2.50 bits per heavy atom. The molecule has 3 aromatic heterocycles. The van der Waals surface area contributed by atoms with E-state index in [1.165, 1.54) is 0 Å². The molecule has 12 heteroatoms. The molecule has 0 unspecified atom stereocenters. The van der Waals surface area contributed by atoms with Crippen LogP contribution in [0.15, 0.2) is 35.0 Å². The summed E-state index contributed by atoms with van der Waals surface area (Å²) in [5.74, 6) is 1.36. The molecule has 9 nitrogen and oxygen atoms in total. The van der Waals surface area contributed by atoms with E-state index in [9.17, 15) is 5.11 Å². The zero-order chi connectivity index (χ0) is 30.6. The summed E-state index contributed by atoms with van der Waals surface area (Å²) in [7, 11) is -1.16. The monoisotopic (exact) mass is 655 g/mol. The molecule has 7 rings (SSSR count). The molecule has 3 saturated carbocycles. The van der Waals surface area contributed by atoms with Crippen LogP contribution in [0.3, 0.4) is 0 Å². The Morgan fingerprint density at radius 1 is 1.09 bits per heavy atom. The molecule has 2 bridgehead atoms. The molecule has 1 aromatic carbocycles. The number of nitrogens with zero attached hydrogens (tertiary/aromatic N) is 5. The molecule has 44 heavy (non-hydrogen) atoms. The Balaban J connectivity index is 1.05. The quantitative estimate of drug-likeness (QED) is 0.130. The summed E-state index contributed by atoms with van der Waals surface area (Å²) in [6.45, 7) is 8.39. The van der Waals surface area contributed by atoms with Gasteiger partial charge in [-0.2, -0.15) is 0 Å². The van der Waals surface area contributed by atoms with Crippen molar-refractivity contribution >= 4 is 42.4 Å². The molecule has 0 saturated heterocycles. The predicted octanol–water partition coefficient (Wildman–Crippen LogP) is 7.57. The minimum absolute atomic E-state index is 0.00942. The Hall–Kier alpha value is -2.34. The summed E-state index contributed by atoms with van der Waals surface area (Å²) in [6, 6.07) is 8.50. The SMILES string of the molecule is C[Si](C)(C)CCOCn1nnc2cc([C@@]3(O)[C@@H]4CC[C@H]3C[C@@H](OCc3c(-c5c(Cl)cccc5Cl)noc3C3CC3)C4)cnc21. The van der Waals surface area contributed by atoms with Gasteiger partial charge in [0.05, 0.1) is 28.4 Å². The number of hydrogen-bond acceptors (Lipinski definition) is 8. The summed E-state index contributed by atoms with van der Waals surface area (Å²) in [5.41, 5.74) is 3.46. The van der Waals surface area contributed by atoms with E-state index in [4.69, 9.17) is 42.2 Å². The number of ether oxygens (including phenoxy) is 2. The summed E-state index contributed by atoms with van der Waals surface area (Å²) >= 11 is 13.1. The molecule has 4 atom stereocenters. The maximum atomic E-state index is 12.2. The molecule has 3 heterocycles. The number of hydrogen-bond donors (Lipinski definition) is 1. The molecule has 0 spiro atoms. The van der Waals surface area contributed by atoms with Gasteiger partial charge >= 0.3 is 0 Å². The number of fused-ring (bicyclic) bond motifs is 3. The summed E-state index contributed by atoms with van der Waals surface area (Å²) in [6.07, 6.45) is 7.37. The minimum Gasteiger partial charge on any atom is -0.385 e. The molecule has 3 aliphatic rings. The average Bonchev–Trinajstić information content (AvgIpc) is 3.59. The second kappa shape index (κ2) is 11.8. The van der Waals surface area contributed by atoms with Gasteiger partial charge in [0, 0.05) is 43.5 Å². The number of halogens is 2. The first kappa shape index (κ1) is 30.3. The molecule has 234 valence electrons. The van der Waals surface area contributed by atoms with Crippen LogP contribution in [0.2, 0.25) is 35.7 Å². The number of pyridine rings is 1. The third-order valence-corrected chi connectivity index (χ3v) is 12.0. The highest BCUT2D eigenvalue weighted by molar-refractivity contribution is 6.76. The molecular weight excluding hydrogens is 617 g/mol. The molecule has 0 amide bonds. The Kier molecular flexibility index (Phi) is 8.12. The fourth-order valence-corrected chi connectivity index (χ4v) is 8.39. The van der Waals surface area contributed by atoms with Crippen LogP contribution in [-0.2, 0) is 28.4 Å². The second-order valence-electron chi connectivity index (χ2n) is 13.9. The first-order chi connectivity index (χ1) is 21.1. The summed E-state index contributed by atoms with van der Waals surface area (Å²) in [4.78, 5) is 4.70. The molecule has 1 N–H and O–H groups in total. The maximum Gasteiger partial charge on any atom is 0.180 e. The van der Waals surface area contributed by atoms with Crippen LogP contribution in [0.25, 0.3) is 22.4 Å². The predicted molar refractivity (Wildman–Crippen MR) is 171 cm³/mol. The van der Waals surface area contributed by atoms with Crippen LogP contribution < -0.4 is 0 Å². The summed E-state index contributed by atoms with van der Waals surface area (Å²) in [5, 5.41) is 26.3. The second-order valence-corrected chi connectivity index (χ2v) is 20.4. The van der Waals surface area contributed by atoms with Gasteiger partial charge in [0.25, 0.3) is 0 Å². The summed E-state index contributed by atoms with van der Waals surface area (Å²) < 4.78 is 20.0. The van der Waals surface area contributed by atoms with Gasteiger partial charge in [-0.25, -0.2) is 9.67 Å². The van der Waals surface area contributed by atoms with Crippen molar-refractivity contribution in [3.05, 3.63) is 57.4 Å². The van der Waals surface area contributed by atoms with Crippen molar-refractivity contribution in [2.75, 3.05) is 6.61 Å². The van der Waals surface area contributed by atoms with E-state index in [-0.39, 0.29) is 17.9 Å². The number of benzene rings is 1. The van der Waals surface area contributed by atoms with E-state index in [0.29, 0.717) is 58.3 Å². The van der Waals surface area contributed by atoms with Gasteiger partial charge in [0.15, 0.2) is 5.65 Å². The smallest absolute Gasteiger partial charge is 0.180 e. The third kappa shape index (κ3) is 5.73. The van der Waals surface area contributed by atoms with Crippen LogP contribution in [-0.4, -0.2) is 51.0 Å². The van der Waals surface area contributed by atoms with E-state index < -0.39 is 13.7 Å². The van der Waals surface area contributed by atoms with Gasteiger partial charge in [-0.05, 0) is 74.6 Å². The highest BCUT2D eigenvalue weighted by atomic mass is 35.5. The Morgan fingerprint density at radius 2 is 1.82 bits per heavy atom. The van der Waals surface area contributed by atoms with Gasteiger partial charge in [-0.15, -0.1) is 5.10 Å². The van der Waals surface area contributed by atoms with Crippen molar-refractivity contribution in [3.8, 4) is 11.3 Å². The van der Waals surface area contributed by atoms with E-state index >= 15 is 0 Å². The van der Waals surface area contributed by atoms with E-state index in [1.807, 2.05) is 24.3 Å². The lowest BCUT2D eigenvalue weighted by Crippen LogP contribution is -2.44. The first-order valence-electron chi connectivity index (χ1n) is 15.7. The number of aliphatic hydroxyl groups is 1. The molecule has 3 fully saturated rings. The van der Waals surface area contributed by atoms with Crippen molar-refractivity contribution in [3.63, 3.8) is 0 Å². The van der Waals surface area contributed by atoms with Crippen molar-refractivity contribution in [2.24, 2.45) is 11.8 Å². The van der Waals surface area contributed by atoms with Gasteiger partial charge in [0.2, 0.25) is 0 Å². The van der Waals surface area contributed by atoms with Crippen LogP contribution >= 0.6 is 23.2 Å². The van der Waals surface area contributed by atoms with E-state index in [2.05, 4.69) is 35.1 Å². The minimum atomic E-state index is -1.16. The highest BCUT2D eigenvalue weighted by Crippen LogP contribution is 2.56. The van der Waals surface area contributed by atoms with Crippen LogP contribution in [0.5, 0.6) is 0 Å². The van der Waals surface area contributed by atoms with Crippen molar-refractivity contribution < 1.29 is 19.1 Å². The fraction of sp³-hybridized carbons (Fsp3) is 0.562. The van der Waals surface area contributed by atoms with E-state index in [0.717, 1.165) is 61.5 Å². The van der Waals surface area contributed by atoms with Gasteiger partial charge in [0.1, 0.15) is 23.7 Å². The van der Waals surface area contributed by atoms with Gasteiger partial charge < -0.3 is 19.1 Å². The first-order valence-corrected chi connectivity index (χ1v) is 20.1. The molecular formula is C32H39Cl2N5O4Si. The lowest BCUT2D eigenvalue weighted by atomic mass is 9.70. The lowest BCUT2D eigenvalue weighted by Gasteiger charge is -2.42. The molecule has 0 radical (unpaired) electrons. The highest BCUT2D eigenvalue weighted by Gasteiger charge is 2.55. The van der Waals surface area contributed by atoms with Crippen LogP contribution in [0, 0.1) is 11.8 Å². The molecule has 0 aliphatic heterocycles. The van der Waals surface area contributed by atoms with Crippen molar-refractivity contribution in [1.29, 1.82) is 0 Å². The van der Waals surface area contributed by atoms with Crippen molar-refractivity contribution in [2.45, 2.75) is 95.2 Å². The maximum absolute atomic E-state index is 12.2. The largest absolute Gasteiger partial charge is 0.385 e. The number of aromatic nitrogens is 5. The normalized spacial score (nSPS) is 25.3. The molecule has 4 aromatic rings. The van der Waals surface area contributed by atoms with Crippen LogP contribution in [0.1, 0.15) is 61.3 Å². The zero-order valence-corrected chi connectivity index (χ0v) is 27.9. The Bertz CT molecular complexity index is 1630. The van der Waals surface area contributed by atoms with E-state index in [1.54, 1.807) is 10.9 Å². The Labute approximate surface area is 268 Å².